The molecule has 0 saturated carbocycles. The van der Waals surface area contributed by atoms with Crippen molar-refractivity contribution < 1.29 is 19.1 Å². The molecule has 2 heterocycles. The van der Waals surface area contributed by atoms with E-state index in [1.54, 1.807) is 6.07 Å². The molecule has 0 spiro atoms. The molecule has 2 aromatic rings. The van der Waals surface area contributed by atoms with Gasteiger partial charge in [0.1, 0.15) is 0 Å². The number of esters is 1. The summed E-state index contributed by atoms with van der Waals surface area (Å²) in [7, 11) is 0. The SMILES string of the molecule is CC(OC(=O)CC1Sc2ccccc2NC1=O)C(=O)Nc1ncc(Cl)cc1Cl. The number of rotatable bonds is 5. The molecule has 2 atom stereocenters. The number of para-hydroxylation sites is 1. The van der Waals surface area contributed by atoms with E-state index in [1.165, 1.54) is 30.9 Å². The topological polar surface area (TPSA) is 97.4 Å². The Balaban J connectivity index is 1.55. The van der Waals surface area contributed by atoms with Crippen molar-refractivity contribution in [2.75, 3.05) is 10.6 Å². The van der Waals surface area contributed by atoms with Gasteiger partial charge in [-0.3, -0.25) is 14.4 Å². The van der Waals surface area contributed by atoms with Crippen molar-refractivity contribution in [2.24, 2.45) is 0 Å². The zero-order valence-electron chi connectivity index (χ0n) is 14.6. The highest BCUT2D eigenvalue weighted by Gasteiger charge is 2.30. The van der Waals surface area contributed by atoms with E-state index in [1.807, 2.05) is 18.2 Å². The quantitative estimate of drug-likeness (QED) is 0.688. The molecular weight excluding hydrogens is 425 g/mol. The third-order valence-corrected chi connectivity index (χ3v) is 5.56. The molecule has 0 saturated heterocycles. The Morgan fingerprint density at radius 2 is 2.11 bits per heavy atom. The molecule has 0 fully saturated rings. The first kappa shape index (κ1) is 20.4. The predicted octanol–water partition coefficient (Wildman–Crippen LogP) is 3.76. The van der Waals surface area contributed by atoms with Gasteiger partial charge >= 0.3 is 5.97 Å². The molecule has 3 rings (SSSR count). The van der Waals surface area contributed by atoms with Gasteiger partial charge in [0.25, 0.3) is 5.91 Å². The number of nitrogens with zero attached hydrogens (tertiary/aromatic N) is 1. The number of thioether (sulfide) groups is 1. The van der Waals surface area contributed by atoms with E-state index in [0.29, 0.717) is 10.7 Å². The highest BCUT2D eigenvalue weighted by molar-refractivity contribution is 8.01. The molecule has 0 aliphatic carbocycles. The van der Waals surface area contributed by atoms with Crippen LogP contribution in [0, 0.1) is 0 Å². The van der Waals surface area contributed by atoms with Crippen molar-refractivity contribution in [3.8, 4) is 0 Å². The maximum Gasteiger partial charge on any atom is 0.308 e. The second-order valence-corrected chi connectivity index (χ2v) is 7.99. The lowest BCUT2D eigenvalue weighted by molar-refractivity contribution is -0.153. The first-order valence-corrected chi connectivity index (χ1v) is 9.85. The van der Waals surface area contributed by atoms with Crippen molar-refractivity contribution in [1.29, 1.82) is 0 Å². The molecule has 1 aromatic heterocycles. The van der Waals surface area contributed by atoms with Gasteiger partial charge in [-0.15, -0.1) is 11.8 Å². The number of hydrogen-bond donors (Lipinski definition) is 2. The van der Waals surface area contributed by atoms with E-state index in [-0.39, 0.29) is 23.2 Å². The van der Waals surface area contributed by atoms with Gasteiger partial charge in [-0.1, -0.05) is 35.3 Å². The summed E-state index contributed by atoms with van der Waals surface area (Å²) >= 11 is 13.0. The Hall–Kier alpha value is -2.29. The van der Waals surface area contributed by atoms with Crippen LogP contribution in [-0.2, 0) is 19.1 Å². The second-order valence-electron chi connectivity index (χ2n) is 5.90. The zero-order chi connectivity index (χ0) is 20.3. The second kappa shape index (κ2) is 8.81. The monoisotopic (exact) mass is 439 g/mol. The lowest BCUT2D eigenvalue weighted by Gasteiger charge is -2.23. The van der Waals surface area contributed by atoms with Crippen LogP contribution in [0.2, 0.25) is 10.0 Å². The third kappa shape index (κ3) is 4.95. The maximum absolute atomic E-state index is 12.2. The standard InChI is InChI=1S/C18H15Cl2N3O4S/c1-9(17(25)23-16-11(20)6-10(19)8-21-16)27-15(24)7-14-18(26)22-12-4-2-3-5-13(12)28-14/h2-6,8-9,14H,7H2,1H3,(H,22,26)(H,21,23,25). The summed E-state index contributed by atoms with van der Waals surface area (Å²) in [4.78, 5) is 41.3. The molecule has 0 radical (unpaired) electrons. The molecular formula is C18H15Cl2N3O4S. The number of nitrogens with one attached hydrogen (secondary N) is 2. The summed E-state index contributed by atoms with van der Waals surface area (Å²) in [5, 5.41) is 5.07. The minimum absolute atomic E-state index is 0.109. The fourth-order valence-corrected chi connectivity index (χ4v) is 3.92. The van der Waals surface area contributed by atoms with Gasteiger partial charge in [-0.2, -0.15) is 0 Å². The number of hydrogen-bond acceptors (Lipinski definition) is 6. The Morgan fingerprint density at radius 1 is 1.36 bits per heavy atom. The molecule has 0 bridgehead atoms. The molecule has 1 aliphatic rings. The van der Waals surface area contributed by atoms with Gasteiger partial charge in [0.15, 0.2) is 11.9 Å². The molecule has 2 N–H and O–H groups in total. The Morgan fingerprint density at radius 3 is 2.86 bits per heavy atom. The summed E-state index contributed by atoms with van der Waals surface area (Å²) < 4.78 is 5.15. The molecule has 7 nitrogen and oxygen atoms in total. The summed E-state index contributed by atoms with van der Waals surface area (Å²) in [6.07, 6.45) is 0.0729. The summed E-state index contributed by atoms with van der Waals surface area (Å²) in [5.74, 6) is -1.44. The Bertz CT molecular complexity index is 941. The molecule has 1 aliphatic heterocycles. The van der Waals surface area contributed by atoms with Crippen molar-refractivity contribution in [3.63, 3.8) is 0 Å². The molecule has 146 valence electrons. The van der Waals surface area contributed by atoms with E-state index in [2.05, 4.69) is 15.6 Å². The van der Waals surface area contributed by atoms with Crippen LogP contribution in [0.4, 0.5) is 11.5 Å². The molecule has 2 amide bonds. The smallest absolute Gasteiger partial charge is 0.308 e. The average Bonchev–Trinajstić information content (AvgIpc) is 2.64. The van der Waals surface area contributed by atoms with Gasteiger partial charge < -0.3 is 15.4 Å². The third-order valence-electron chi connectivity index (χ3n) is 3.79. The average molecular weight is 440 g/mol. The van der Waals surface area contributed by atoms with Crippen LogP contribution in [0.1, 0.15) is 13.3 Å². The van der Waals surface area contributed by atoms with Gasteiger partial charge in [-0.05, 0) is 25.1 Å². The number of benzene rings is 1. The number of carbonyl (C=O) groups excluding carboxylic acids is 3. The van der Waals surface area contributed by atoms with Gasteiger partial charge in [0, 0.05) is 11.1 Å². The van der Waals surface area contributed by atoms with Gasteiger partial charge in [-0.25, -0.2) is 4.98 Å². The summed E-state index contributed by atoms with van der Waals surface area (Å²) in [6.45, 7) is 1.42. The number of fused-ring (bicyclic) bond motifs is 1. The van der Waals surface area contributed by atoms with Crippen molar-refractivity contribution in [1.82, 2.24) is 4.98 Å². The fourth-order valence-electron chi connectivity index (χ4n) is 2.40. The predicted molar refractivity (Wildman–Crippen MR) is 108 cm³/mol. The number of aromatic nitrogens is 1. The van der Waals surface area contributed by atoms with E-state index >= 15 is 0 Å². The van der Waals surface area contributed by atoms with Crippen LogP contribution in [0.25, 0.3) is 0 Å². The first-order chi connectivity index (χ1) is 13.3. The van der Waals surface area contributed by atoms with Crippen LogP contribution in [0.5, 0.6) is 0 Å². The number of halogens is 2. The van der Waals surface area contributed by atoms with Crippen molar-refractivity contribution >= 4 is 64.3 Å². The molecule has 2 unspecified atom stereocenters. The maximum atomic E-state index is 12.2. The Labute approximate surface area is 175 Å². The lowest BCUT2D eigenvalue weighted by atomic mass is 10.2. The van der Waals surface area contributed by atoms with Crippen LogP contribution in [0.3, 0.4) is 0 Å². The molecule has 28 heavy (non-hydrogen) atoms. The largest absolute Gasteiger partial charge is 0.452 e. The van der Waals surface area contributed by atoms with Crippen molar-refractivity contribution in [3.05, 3.63) is 46.6 Å². The van der Waals surface area contributed by atoms with Crippen LogP contribution in [-0.4, -0.2) is 34.1 Å². The summed E-state index contributed by atoms with van der Waals surface area (Å²) in [5.41, 5.74) is 0.710. The highest BCUT2D eigenvalue weighted by Crippen LogP contribution is 2.36. The normalized spacial score (nSPS) is 16.5. The lowest BCUT2D eigenvalue weighted by Crippen LogP contribution is -2.34. The number of ether oxygens (including phenoxy) is 1. The minimum atomic E-state index is -1.09. The van der Waals surface area contributed by atoms with Gasteiger partial charge in [0.2, 0.25) is 5.91 Å². The van der Waals surface area contributed by atoms with Crippen LogP contribution in [0.15, 0.2) is 41.4 Å². The fraction of sp³-hybridized carbons (Fsp3) is 0.222. The minimum Gasteiger partial charge on any atom is -0.452 e. The van der Waals surface area contributed by atoms with E-state index in [0.717, 1.165) is 4.90 Å². The number of anilines is 2. The van der Waals surface area contributed by atoms with Gasteiger partial charge in [0.05, 0.1) is 27.4 Å². The highest BCUT2D eigenvalue weighted by atomic mass is 35.5. The van der Waals surface area contributed by atoms with Crippen LogP contribution >= 0.6 is 35.0 Å². The van der Waals surface area contributed by atoms with E-state index in [4.69, 9.17) is 27.9 Å². The Kier molecular flexibility index (Phi) is 6.43. The van der Waals surface area contributed by atoms with Crippen LogP contribution < -0.4 is 10.6 Å². The zero-order valence-corrected chi connectivity index (χ0v) is 16.9. The molecule has 1 aromatic carbocycles. The number of carbonyl (C=O) groups is 3. The summed E-state index contributed by atoms with van der Waals surface area (Å²) in [6, 6.07) is 8.74. The molecule has 10 heteroatoms. The number of pyridine rings is 1. The van der Waals surface area contributed by atoms with E-state index in [9.17, 15) is 14.4 Å². The van der Waals surface area contributed by atoms with E-state index < -0.39 is 23.2 Å². The van der Waals surface area contributed by atoms with Crippen molar-refractivity contribution in [2.45, 2.75) is 29.6 Å². The number of amides is 2. The first-order valence-electron chi connectivity index (χ1n) is 8.21.